The van der Waals surface area contributed by atoms with Crippen molar-refractivity contribution >= 4 is 48.9 Å². The van der Waals surface area contributed by atoms with Crippen LogP contribution in [0.1, 0.15) is 40.4 Å². The highest BCUT2D eigenvalue weighted by molar-refractivity contribution is 9.10. The number of hydrogen-bond acceptors (Lipinski definition) is 5. The third-order valence-electron chi connectivity index (χ3n) is 4.15. The zero-order valence-corrected chi connectivity index (χ0v) is 19.1. The van der Waals surface area contributed by atoms with Crippen LogP contribution in [0.4, 0.5) is 5.69 Å². The van der Waals surface area contributed by atoms with E-state index in [1.165, 1.54) is 23.5 Å². The van der Waals surface area contributed by atoms with Crippen LogP contribution in [0.5, 0.6) is 0 Å². The molecule has 29 heavy (non-hydrogen) atoms. The number of carbonyl (C=O) groups is 1. The molecular formula is C20H20BrN3O3S2. The lowest BCUT2D eigenvalue weighted by Crippen LogP contribution is -2.28. The first-order chi connectivity index (χ1) is 13.8. The number of rotatable bonds is 7. The molecule has 1 heterocycles. The van der Waals surface area contributed by atoms with Crippen LogP contribution in [0.2, 0.25) is 0 Å². The molecule has 152 valence electrons. The van der Waals surface area contributed by atoms with Crippen LogP contribution in [-0.4, -0.2) is 19.3 Å². The number of aromatic nitrogens is 1. The van der Waals surface area contributed by atoms with Gasteiger partial charge >= 0.3 is 0 Å². The van der Waals surface area contributed by atoms with Crippen LogP contribution >= 0.6 is 27.3 Å². The molecule has 0 radical (unpaired) electrons. The van der Waals surface area contributed by atoms with Crippen molar-refractivity contribution in [2.75, 3.05) is 4.72 Å². The Morgan fingerprint density at radius 3 is 2.55 bits per heavy atom. The van der Waals surface area contributed by atoms with Gasteiger partial charge in [-0.15, -0.1) is 11.3 Å². The van der Waals surface area contributed by atoms with E-state index >= 15 is 0 Å². The Morgan fingerprint density at radius 1 is 1.21 bits per heavy atom. The van der Waals surface area contributed by atoms with E-state index in [9.17, 15) is 13.2 Å². The molecule has 0 fully saturated rings. The fourth-order valence-corrected chi connectivity index (χ4v) is 4.95. The molecule has 1 unspecified atom stereocenters. The zero-order valence-electron chi connectivity index (χ0n) is 15.8. The first-order valence-electron chi connectivity index (χ1n) is 8.90. The zero-order chi connectivity index (χ0) is 21.0. The number of thiazole rings is 1. The summed E-state index contributed by atoms with van der Waals surface area (Å²) in [5, 5.41) is 5.70. The van der Waals surface area contributed by atoms with E-state index in [-0.39, 0.29) is 22.4 Å². The Bertz CT molecular complexity index is 1110. The van der Waals surface area contributed by atoms with Gasteiger partial charge in [-0.05, 0) is 55.8 Å². The number of sulfonamides is 1. The molecule has 0 aliphatic carbocycles. The molecule has 0 saturated heterocycles. The molecule has 3 rings (SSSR count). The summed E-state index contributed by atoms with van der Waals surface area (Å²) in [6, 6.07) is 12.5. The highest BCUT2D eigenvalue weighted by atomic mass is 79.9. The molecular weight excluding hydrogens is 474 g/mol. The summed E-state index contributed by atoms with van der Waals surface area (Å²) in [4.78, 5) is 17.2. The molecule has 0 bridgehead atoms. The highest BCUT2D eigenvalue weighted by Gasteiger charge is 2.20. The van der Waals surface area contributed by atoms with Gasteiger partial charge in [0.1, 0.15) is 5.01 Å². The molecule has 0 aliphatic heterocycles. The number of amides is 1. The van der Waals surface area contributed by atoms with Crippen molar-refractivity contribution in [3.05, 3.63) is 74.6 Å². The second-order valence-electron chi connectivity index (χ2n) is 6.40. The van der Waals surface area contributed by atoms with E-state index in [1.54, 1.807) is 36.4 Å². The standard InChI is InChI=1S/C20H20BrN3O3S2/c1-3-18(20-22-13(2)12-28-20)23-19(25)14-5-4-6-17(11-14)29(26,27)24-16-9-7-15(21)8-10-16/h4-12,18,24H,3H2,1-2H3,(H,23,25). The van der Waals surface area contributed by atoms with Crippen molar-refractivity contribution in [2.45, 2.75) is 31.2 Å². The molecule has 1 atom stereocenters. The molecule has 1 amide bonds. The van der Waals surface area contributed by atoms with E-state index < -0.39 is 10.0 Å². The number of nitrogens with one attached hydrogen (secondary N) is 2. The monoisotopic (exact) mass is 493 g/mol. The number of nitrogens with zero attached hydrogens (tertiary/aromatic N) is 1. The Hall–Kier alpha value is -2.23. The summed E-state index contributed by atoms with van der Waals surface area (Å²) in [5.41, 5.74) is 1.62. The van der Waals surface area contributed by atoms with E-state index in [2.05, 4.69) is 31.0 Å². The first kappa shape index (κ1) is 21.5. The number of aryl methyl sites for hydroxylation is 1. The predicted molar refractivity (Wildman–Crippen MR) is 119 cm³/mol. The quantitative estimate of drug-likeness (QED) is 0.489. The molecule has 0 spiro atoms. The van der Waals surface area contributed by atoms with Gasteiger partial charge in [-0.2, -0.15) is 0 Å². The van der Waals surface area contributed by atoms with Crippen molar-refractivity contribution in [1.82, 2.24) is 10.3 Å². The maximum Gasteiger partial charge on any atom is 0.261 e. The molecule has 6 nitrogen and oxygen atoms in total. The molecule has 2 aromatic carbocycles. The van der Waals surface area contributed by atoms with Crippen LogP contribution in [0.15, 0.2) is 63.3 Å². The Kier molecular flexibility index (Phi) is 6.71. The van der Waals surface area contributed by atoms with Crippen LogP contribution in [0.3, 0.4) is 0 Å². The Balaban J connectivity index is 1.78. The van der Waals surface area contributed by atoms with Gasteiger partial charge in [0.05, 0.1) is 10.9 Å². The van der Waals surface area contributed by atoms with Gasteiger partial charge in [0.2, 0.25) is 0 Å². The average molecular weight is 494 g/mol. The largest absolute Gasteiger partial charge is 0.343 e. The summed E-state index contributed by atoms with van der Waals surface area (Å²) in [6.45, 7) is 3.87. The Labute approximate surface area is 182 Å². The summed E-state index contributed by atoms with van der Waals surface area (Å²) in [6.07, 6.45) is 0.682. The van der Waals surface area contributed by atoms with Gasteiger partial charge in [-0.25, -0.2) is 13.4 Å². The van der Waals surface area contributed by atoms with E-state index in [1.807, 2.05) is 19.2 Å². The molecule has 2 N–H and O–H groups in total. The van der Waals surface area contributed by atoms with Gasteiger partial charge in [-0.3, -0.25) is 9.52 Å². The molecule has 9 heteroatoms. The topological polar surface area (TPSA) is 88.2 Å². The normalized spacial score (nSPS) is 12.4. The SMILES string of the molecule is CCC(NC(=O)c1cccc(S(=O)(=O)Nc2ccc(Br)cc2)c1)c1nc(C)cs1. The van der Waals surface area contributed by atoms with Crippen LogP contribution < -0.4 is 10.0 Å². The average Bonchev–Trinajstić information content (AvgIpc) is 3.14. The fourth-order valence-electron chi connectivity index (χ4n) is 2.65. The van der Waals surface area contributed by atoms with Crippen molar-refractivity contribution in [3.8, 4) is 0 Å². The maximum absolute atomic E-state index is 12.7. The number of carbonyl (C=O) groups excluding carboxylic acids is 1. The van der Waals surface area contributed by atoms with Crippen LogP contribution in [-0.2, 0) is 10.0 Å². The van der Waals surface area contributed by atoms with Gasteiger partial charge < -0.3 is 5.32 Å². The lowest BCUT2D eigenvalue weighted by molar-refractivity contribution is 0.0935. The number of hydrogen-bond donors (Lipinski definition) is 2. The van der Waals surface area contributed by atoms with E-state index in [4.69, 9.17) is 0 Å². The van der Waals surface area contributed by atoms with Crippen molar-refractivity contribution < 1.29 is 13.2 Å². The second-order valence-corrected chi connectivity index (χ2v) is 9.89. The number of benzene rings is 2. The summed E-state index contributed by atoms with van der Waals surface area (Å²) < 4.78 is 28.8. The second kappa shape index (κ2) is 9.06. The predicted octanol–water partition coefficient (Wildman–Crippen LogP) is 4.90. The number of halogens is 1. The van der Waals surface area contributed by atoms with E-state index in [0.717, 1.165) is 15.2 Å². The third kappa shape index (κ3) is 5.43. The minimum atomic E-state index is -3.82. The van der Waals surface area contributed by atoms with Crippen molar-refractivity contribution in [2.24, 2.45) is 0 Å². The molecule has 3 aromatic rings. The van der Waals surface area contributed by atoms with Crippen molar-refractivity contribution in [1.29, 1.82) is 0 Å². The fraction of sp³-hybridized carbons (Fsp3) is 0.200. The highest BCUT2D eigenvalue weighted by Crippen LogP contribution is 2.23. The minimum Gasteiger partial charge on any atom is -0.343 e. The van der Waals surface area contributed by atoms with E-state index in [0.29, 0.717) is 12.1 Å². The maximum atomic E-state index is 12.7. The Morgan fingerprint density at radius 2 is 1.93 bits per heavy atom. The first-order valence-corrected chi connectivity index (χ1v) is 12.1. The van der Waals surface area contributed by atoms with Crippen molar-refractivity contribution in [3.63, 3.8) is 0 Å². The summed E-state index contributed by atoms with van der Waals surface area (Å²) in [7, 11) is -3.82. The van der Waals surface area contributed by atoms with Gasteiger partial charge in [-0.1, -0.05) is 28.9 Å². The summed E-state index contributed by atoms with van der Waals surface area (Å²) >= 11 is 4.81. The van der Waals surface area contributed by atoms with Gasteiger partial charge in [0.25, 0.3) is 15.9 Å². The minimum absolute atomic E-state index is 0.0196. The molecule has 1 aromatic heterocycles. The van der Waals surface area contributed by atoms with Gasteiger partial charge in [0, 0.05) is 26.8 Å². The number of anilines is 1. The molecule has 0 saturated carbocycles. The summed E-state index contributed by atoms with van der Waals surface area (Å²) in [5.74, 6) is -0.342. The lowest BCUT2D eigenvalue weighted by Gasteiger charge is -2.15. The smallest absolute Gasteiger partial charge is 0.261 e. The van der Waals surface area contributed by atoms with Crippen LogP contribution in [0, 0.1) is 6.92 Å². The third-order valence-corrected chi connectivity index (χ3v) is 7.14. The lowest BCUT2D eigenvalue weighted by atomic mass is 10.1. The molecule has 0 aliphatic rings. The van der Waals surface area contributed by atoms with Gasteiger partial charge in [0.15, 0.2) is 0 Å². The van der Waals surface area contributed by atoms with Crippen LogP contribution in [0.25, 0.3) is 0 Å².